The topological polar surface area (TPSA) is 78.8 Å². The first kappa shape index (κ1) is 14.8. The molecule has 0 amide bonds. The number of hydrogen-bond donors (Lipinski definition) is 3. The van der Waals surface area contributed by atoms with E-state index in [1.165, 1.54) is 31.4 Å². The Morgan fingerprint density at radius 1 is 1.47 bits per heavy atom. The van der Waals surface area contributed by atoms with Crippen LogP contribution in [0.25, 0.3) is 0 Å². The summed E-state index contributed by atoms with van der Waals surface area (Å²) in [6, 6.07) is 5.87. The number of carboxylic acids is 1. The summed E-state index contributed by atoms with van der Waals surface area (Å²) >= 11 is 0. The van der Waals surface area contributed by atoms with Crippen molar-refractivity contribution in [3.05, 3.63) is 42.3 Å². The molecule has 1 atom stereocenters. The van der Waals surface area contributed by atoms with E-state index in [1.54, 1.807) is 0 Å². The van der Waals surface area contributed by atoms with Gasteiger partial charge in [0.2, 0.25) is 0 Å². The molecule has 0 aromatic heterocycles. The van der Waals surface area contributed by atoms with Crippen LogP contribution in [0.4, 0.5) is 4.39 Å². The summed E-state index contributed by atoms with van der Waals surface area (Å²) in [6.07, 6.45) is -0.110. The Hall–Kier alpha value is -2.24. The minimum Gasteiger partial charge on any atom is -0.508 e. The molecule has 0 spiro atoms. The lowest BCUT2D eigenvalue weighted by molar-refractivity contribution is -0.145. The van der Waals surface area contributed by atoms with Crippen molar-refractivity contribution < 1.29 is 24.1 Å². The number of phenols is 1. The summed E-state index contributed by atoms with van der Waals surface area (Å²) in [5, 5.41) is 20.8. The van der Waals surface area contributed by atoms with Gasteiger partial charge in [0.15, 0.2) is 11.4 Å². The van der Waals surface area contributed by atoms with Gasteiger partial charge in [-0.25, -0.2) is 9.18 Å². The number of carboxylic acid groups (broad SMARTS) is 1. The molecule has 0 aliphatic carbocycles. The molecule has 0 saturated carbocycles. The van der Waals surface area contributed by atoms with E-state index < -0.39 is 18.2 Å². The summed E-state index contributed by atoms with van der Waals surface area (Å²) in [5.41, 5.74) is -1.28. The molecule has 0 heterocycles. The van der Waals surface area contributed by atoms with Crippen LogP contribution >= 0.6 is 0 Å². The van der Waals surface area contributed by atoms with Gasteiger partial charge < -0.3 is 20.3 Å². The van der Waals surface area contributed by atoms with E-state index in [9.17, 15) is 14.3 Å². The lowest BCUT2D eigenvalue weighted by Crippen LogP contribution is -2.55. The van der Waals surface area contributed by atoms with Crippen molar-refractivity contribution in [1.82, 2.24) is 5.32 Å². The van der Waals surface area contributed by atoms with Gasteiger partial charge in [-0.05, 0) is 24.3 Å². The molecule has 0 aliphatic rings. The van der Waals surface area contributed by atoms with Crippen LogP contribution in [0.3, 0.4) is 0 Å². The van der Waals surface area contributed by atoms with E-state index in [0.717, 1.165) is 0 Å². The van der Waals surface area contributed by atoms with E-state index in [4.69, 9.17) is 9.84 Å². The summed E-state index contributed by atoms with van der Waals surface area (Å²) < 4.78 is 18.0. The summed E-state index contributed by atoms with van der Waals surface area (Å²) in [7, 11) is 1.31. The number of methoxy groups -OCH3 is 1. The molecule has 1 rings (SSSR count). The van der Waals surface area contributed by atoms with E-state index >= 15 is 0 Å². The van der Waals surface area contributed by atoms with Crippen LogP contribution in [0.1, 0.15) is 5.56 Å². The fourth-order valence-electron chi connectivity index (χ4n) is 1.59. The highest BCUT2D eigenvalue weighted by atomic mass is 19.1. The molecule has 5 nitrogen and oxygen atoms in total. The molecule has 0 bridgehead atoms. The van der Waals surface area contributed by atoms with Gasteiger partial charge in [-0.1, -0.05) is 12.1 Å². The van der Waals surface area contributed by atoms with Crippen molar-refractivity contribution in [3.8, 4) is 5.75 Å². The fourth-order valence-corrected chi connectivity index (χ4v) is 1.59. The van der Waals surface area contributed by atoms with E-state index in [1.807, 2.05) is 0 Å². The summed E-state index contributed by atoms with van der Waals surface area (Å²) in [4.78, 5) is 11.3. The Kier molecular flexibility index (Phi) is 4.74. The Bertz CT molecular complexity index is 460. The van der Waals surface area contributed by atoms with Gasteiger partial charge in [-0.2, -0.15) is 0 Å². The zero-order valence-corrected chi connectivity index (χ0v) is 10.5. The molecule has 0 radical (unpaired) electrons. The van der Waals surface area contributed by atoms with Crippen LogP contribution in [0, 0.1) is 0 Å². The summed E-state index contributed by atoms with van der Waals surface area (Å²) in [5.74, 6) is -1.32. The Balaban J connectivity index is 2.99. The third-order valence-corrected chi connectivity index (χ3v) is 2.70. The second kappa shape index (κ2) is 6.08. The molecular weight excluding hydrogens is 253 g/mol. The monoisotopic (exact) mass is 269 g/mol. The molecule has 19 heavy (non-hydrogen) atoms. The Labute approximate surface area is 110 Å². The quantitative estimate of drug-likeness (QED) is 0.653. The zero-order valence-electron chi connectivity index (χ0n) is 10.5. The van der Waals surface area contributed by atoms with Crippen LogP contribution in [0.2, 0.25) is 0 Å². The van der Waals surface area contributed by atoms with Gasteiger partial charge in [0.1, 0.15) is 12.4 Å². The first-order chi connectivity index (χ1) is 8.93. The van der Waals surface area contributed by atoms with Gasteiger partial charge in [-0.15, -0.1) is 0 Å². The van der Waals surface area contributed by atoms with Crippen molar-refractivity contribution in [2.24, 2.45) is 0 Å². The third kappa shape index (κ3) is 3.61. The van der Waals surface area contributed by atoms with Crippen molar-refractivity contribution >= 4 is 5.97 Å². The molecule has 0 saturated heterocycles. The maximum Gasteiger partial charge on any atom is 0.332 e. The van der Waals surface area contributed by atoms with Crippen LogP contribution < -0.4 is 5.32 Å². The average molecular weight is 269 g/mol. The second-order valence-electron chi connectivity index (χ2n) is 4.12. The smallest absolute Gasteiger partial charge is 0.332 e. The van der Waals surface area contributed by atoms with Crippen LogP contribution in [-0.2, 0) is 16.0 Å². The van der Waals surface area contributed by atoms with E-state index in [0.29, 0.717) is 5.56 Å². The fraction of sp³-hybridized carbons (Fsp3) is 0.308. The number of aromatic hydroxyl groups is 1. The maximum atomic E-state index is 13.2. The number of ether oxygens (including phenoxy) is 1. The molecule has 6 heteroatoms. The number of alkyl halides is 1. The van der Waals surface area contributed by atoms with E-state index in [2.05, 4.69) is 11.9 Å². The zero-order chi connectivity index (χ0) is 14.5. The van der Waals surface area contributed by atoms with Crippen LogP contribution in [0.15, 0.2) is 36.7 Å². The predicted molar refractivity (Wildman–Crippen MR) is 67.4 cm³/mol. The number of hydrogen-bond acceptors (Lipinski definition) is 4. The number of rotatable bonds is 7. The standard InChI is InChI=1S/C13H16FNO4/c1-9(19-2)15-13(8-14,12(17)18)7-10-3-5-11(16)6-4-10/h3-6,15-16H,1,7-8H2,2H3,(H,17,18). The number of benzene rings is 1. The van der Waals surface area contributed by atoms with Gasteiger partial charge in [0, 0.05) is 6.42 Å². The lowest BCUT2D eigenvalue weighted by Gasteiger charge is -2.29. The SMILES string of the molecule is C=C(NC(CF)(Cc1ccc(O)cc1)C(=O)O)OC. The molecular formula is C13H16FNO4. The highest BCUT2D eigenvalue weighted by Crippen LogP contribution is 2.19. The van der Waals surface area contributed by atoms with Gasteiger partial charge in [-0.3, -0.25) is 0 Å². The number of aliphatic carboxylic acids is 1. The molecule has 0 fully saturated rings. The minimum absolute atomic E-state index is 0.0289. The van der Waals surface area contributed by atoms with Crippen molar-refractivity contribution in [2.45, 2.75) is 12.0 Å². The maximum absolute atomic E-state index is 13.2. The van der Waals surface area contributed by atoms with Gasteiger partial charge >= 0.3 is 5.97 Å². The van der Waals surface area contributed by atoms with Crippen molar-refractivity contribution in [1.29, 1.82) is 0 Å². The molecule has 104 valence electrons. The number of phenolic OH excluding ortho intramolecular Hbond substituents is 1. The normalized spacial score (nSPS) is 13.4. The lowest BCUT2D eigenvalue weighted by atomic mass is 9.92. The largest absolute Gasteiger partial charge is 0.508 e. The highest BCUT2D eigenvalue weighted by Gasteiger charge is 2.39. The van der Waals surface area contributed by atoms with Crippen molar-refractivity contribution in [2.75, 3.05) is 13.8 Å². The van der Waals surface area contributed by atoms with Crippen LogP contribution in [-0.4, -0.2) is 35.5 Å². The molecule has 1 aromatic rings. The molecule has 0 aliphatic heterocycles. The highest BCUT2D eigenvalue weighted by molar-refractivity contribution is 5.80. The van der Waals surface area contributed by atoms with Crippen molar-refractivity contribution in [3.63, 3.8) is 0 Å². The molecule has 3 N–H and O–H groups in total. The number of halogens is 1. The molecule has 1 unspecified atom stereocenters. The van der Waals surface area contributed by atoms with Crippen LogP contribution in [0.5, 0.6) is 5.75 Å². The number of carbonyl (C=O) groups is 1. The van der Waals surface area contributed by atoms with Gasteiger partial charge in [0.25, 0.3) is 0 Å². The second-order valence-corrected chi connectivity index (χ2v) is 4.12. The number of nitrogens with one attached hydrogen (secondary N) is 1. The first-order valence-electron chi connectivity index (χ1n) is 5.52. The third-order valence-electron chi connectivity index (χ3n) is 2.70. The molecule has 1 aromatic carbocycles. The summed E-state index contributed by atoms with van der Waals surface area (Å²) in [6.45, 7) is 2.31. The first-order valence-corrected chi connectivity index (χ1v) is 5.52. The predicted octanol–water partition coefficient (Wildman–Crippen LogP) is 1.43. The van der Waals surface area contributed by atoms with E-state index in [-0.39, 0.29) is 18.1 Å². The Morgan fingerprint density at radius 2 is 2.05 bits per heavy atom. The Morgan fingerprint density at radius 3 is 2.47 bits per heavy atom. The average Bonchev–Trinajstić information content (AvgIpc) is 2.40. The van der Waals surface area contributed by atoms with Gasteiger partial charge in [0.05, 0.1) is 7.11 Å². The minimum atomic E-state index is -1.84.